The van der Waals surface area contributed by atoms with Crippen LogP contribution in [0.4, 0.5) is 21.0 Å². The average molecular weight is 450 g/mol. The van der Waals surface area contributed by atoms with Gasteiger partial charge in [0.05, 0.1) is 24.8 Å². The van der Waals surface area contributed by atoms with E-state index in [0.717, 1.165) is 5.56 Å². The standard InChI is InChI=1S/C24H27N5O4/c1-4-21(9-6-12-25)33-24(31)27-16(2)17-7-5-8-19(13-17)28-23(30)29-20-11-10-18(15-26)22(14-20)32-3/h5,7-8,10-11,13-14,16,21H,4,6,9H2,1-3H3,(H,27,31)(H2,28,29,30)/t16-,21+/m0/s1. The molecule has 172 valence electrons. The lowest BCUT2D eigenvalue weighted by atomic mass is 10.1. The van der Waals surface area contributed by atoms with Crippen molar-refractivity contribution in [2.75, 3.05) is 17.7 Å². The summed E-state index contributed by atoms with van der Waals surface area (Å²) < 4.78 is 10.5. The molecule has 0 aliphatic heterocycles. The van der Waals surface area contributed by atoms with Gasteiger partial charge in [0, 0.05) is 23.9 Å². The maximum Gasteiger partial charge on any atom is 0.407 e. The minimum Gasteiger partial charge on any atom is -0.495 e. The summed E-state index contributed by atoms with van der Waals surface area (Å²) in [5.74, 6) is 0.363. The highest BCUT2D eigenvalue weighted by atomic mass is 16.6. The van der Waals surface area contributed by atoms with Gasteiger partial charge in [0.2, 0.25) is 0 Å². The molecule has 0 aliphatic carbocycles. The third kappa shape index (κ3) is 7.75. The lowest BCUT2D eigenvalue weighted by molar-refractivity contribution is 0.0886. The van der Waals surface area contributed by atoms with Crippen LogP contribution in [-0.4, -0.2) is 25.3 Å². The molecule has 9 nitrogen and oxygen atoms in total. The van der Waals surface area contributed by atoms with E-state index >= 15 is 0 Å². The number of alkyl carbamates (subject to hydrolysis) is 1. The second kappa shape index (κ2) is 12.6. The Hall–Kier alpha value is -4.24. The topological polar surface area (TPSA) is 136 Å². The summed E-state index contributed by atoms with van der Waals surface area (Å²) in [6, 6.07) is 15.0. The highest BCUT2D eigenvalue weighted by molar-refractivity contribution is 6.00. The van der Waals surface area contributed by atoms with E-state index in [2.05, 4.69) is 16.0 Å². The summed E-state index contributed by atoms with van der Waals surface area (Å²) in [7, 11) is 1.45. The molecule has 2 aromatic carbocycles. The third-order valence-corrected chi connectivity index (χ3v) is 4.87. The Morgan fingerprint density at radius 2 is 1.82 bits per heavy atom. The van der Waals surface area contributed by atoms with Crippen LogP contribution in [0.25, 0.3) is 0 Å². The summed E-state index contributed by atoms with van der Waals surface area (Å²) >= 11 is 0. The molecule has 2 rings (SSSR count). The molecule has 0 saturated carbocycles. The van der Waals surface area contributed by atoms with Crippen molar-refractivity contribution in [3.8, 4) is 17.9 Å². The number of hydrogen-bond donors (Lipinski definition) is 3. The number of hydrogen-bond acceptors (Lipinski definition) is 6. The van der Waals surface area contributed by atoms with Crippen LogP contribution in [0.2, 0.25) is 0 Å². The fourth-order valence-corrected chi connectivity index (χ4v) is 3.06. The number of benzene rings is 2. The van der Waals surface area contributed by atoms with Gasteiger partial charge in [0.15, 0.2) is 0 Å². The van der Waals surface area contributed by atoms with Crippen LogP contribution < -0.4 is 20.7 Å². The predicted octanol–water partition coefficient (Wildman–Crippen LogP) is 5.08. The van der Waals surface area contributed by atoms with E-state index in [-0.39, 0.29) is 12.1 Å². The van der Waals surface area contributed by atoms with Crippen molar-refractivity contribution in [3.05, 3.63) is 53.6 Å². The van der Waals surface area contributed by atoms with Crippen molar-refractivity contribution in [1.29, 1.82) is 10.5 Å². The maximum absolute atomic E-state index is 12.4. The molecule has 3 N–H and O–H groups in total. The number of methoxy groups -OCH3 is 1. The van der Waals surface area contributed by atoms with Crippen LogP contribution in [0.5, 0.6) is 5.75 Å². The Morgan fingerprint density at radius 1 is 1.09 bits per heavy atom. The van der Waals surface area contributed by atoms with E-state index in [1.807, 2.05) is 25.1 Å². The average Bonchev–Trinajstić information content (AvgIpc) is 2.81. The van der Waals surface area contributed by atoms with Crippen LogP contribution >= 0.6 is 0 Å². The Bertz CT molecular complexity index is 1060. The number of ether oxygens (including phenoxy) is 2. The monoisotopic (exact) mass is 449 g/mol. The van der Waals surface area contributed by atoms with E-state index in [0.29, 0.717) is 42.0 Å². The van der Waals surface area contributed by atoms with E-state index in [1.165, 1.54) is 7.11 Å². The first-order chi connectivity index (χ1) is 15.9. The molecule has 0 aliphatic rings. The van der Waals surface area contributed by atoms with E-state index < -0.39 is 12.1 Å². The summed E-state index contributed by atoms with van der Waals surface area (Å²) in [4.78, 5) is 24.6. The van der Waals surface area contributed by atoms with Crippen molar-refractivity contribution in [3.63, 3.8) is 0 Å². The molecule has 0 unspecified atom stereocenters. The fraction of sp³-hybridized carbons (Fsp3) is 0.333. The smallest absolute Gasteiger partial charge is 0.407 e. The summed E-state index contributed by atoms with van der Waals surface area (Å²) in [5, 5.41) is 26.0. The number of nitrogens with zero attached hydrogens (tertiary/aromatic N) is 2. The lowest BCUT2D eigenvalue weighted by Crippen LogP contribution is -2.31. The minimum absolute atomic E-state index is 0.311. The van der Waals surface area contributed by atoms with Gasteiger partial charge in [-0.1, -0.05) is 19.1 Å². The molecule has 0 heterocycles. The van der Waals surface area contributed by atoms with Crippen LogP contribution in [0, 0.1) is 22.7 Å². The van der Waals surface area contributed by atoms with Gasteiger partial charge in [-0.15, -0.1) is 0 Å². The van der Waals surface area contributed by atoms with Gasteiger partial charge in [-0.25, -0.2) is 9.59 Å². The highest BCUT2D eigenvalue weighted by Gasteiger charge is 2.16. The molecule has 0 fully saturated rings. The van der Waals surface area contributed by atoms with Crippen LogP contribution in [-0.2, 0) is 4.74 Å². The number of carbonyl (C=O) groups excluding carboxylic acids is 2. The summed E-state index contributed by atoms with van der Waals surface area (Å²) in [5.41, 5.74) is 2.15. The molecule has 0 bridgehead atoms. The SMILES string of the molecule is CC[C@H](CCC#N)OC(=O)N[C@@H](C)c1cccc(NC(=O)Nc2ccc(C#N)c(OC)c2)c1. The molecule has 0 spiro atoms. The maximum atomic E-state index is 12.4. The first-order valence-electron chi connectivity index (χ1n) is 10.5. The molecule has 0 radical (unpaired) electrons. The van der Waals surface area contributed by atoms with Gasteiger partial charge >= 0.3 is 12.1 Å². The van der Waals surface area contributed by atoms with E-state index in [9.17, 15) is 9.59 Å². The Labute approximate surface area is 193 Å². The number of nitrogens with one attached hydrogen (secondary N) is 3. The zero-order valence-electron chi connectivity index (χ0n) is 18.8. The molecular formula is C24H27N5O4. The first kappa shape index (κ1) is 25.0. The second-order valence-corrected chi connectivity index (χ2v) is 7.23. The van der Waals surface area contributed by atoms with Gasteiger partial charge in [-0.05, 0) is 49.6 Å². The molecule has 3 amide bonds. The van der Waals surface area contributed by atoms with Crippen LogP contribution in [0.3, 0.4) is 0 Å². The number of rotatable bonds is 9. The Kier molecular flexibility index (Phi) is 9.54. The number of carbonyl (C=O) groups is 2. The second-order valence-electron chi connectivity index (χ2n) is 7.23. The molecule has 33 heavy (non-hydrogen) atoms. The molecule has 9 heteroatoms. The van der Waals surface area contributed by atoms with Crippen LogP contribution in [0.1, 0.15) is 50.3 Å². The van der Waals surface area contributed by atoms with Crippen molar-refractivity contribution in [2.45, 2.75) is 45.3 Å². The number of amides is 3. The number of urea groups is 1. The molecule has 2 atom stereocenters. The van der Waals surface area contributed by atoms with Gasteiger partial charge in [0.25, 0.3) is 0 Å². The molecular weight excluding hydrogens is 422 g/mol. The Morgan fingerprint density at radius 3 is 2.45 bits per heavy atom. The number of nitriles is 2. The minimum atomic E-state index is -0.557. The zero-order valence-corrected chi connectivity index (χ0v) is 18.8. The first-order valence-corrected chi connectivity index (χ1v) is 10.5. The Balaban J connectivity index is 1.97. The van der Waals surface area contributed by atoms with Crippen molar-refractivity contribution in [1.82, 2.24) is 5.32 Å². The summed E-state index contributed by atoms with van der Waals surface area (Å²) in [6.45, 7) is 3.70. The molecule has 0 aromatic heterocycles. The number of anilines is 2. The summed E-state index contributed by atoms with van der Waals surface area (Å²) in [6.07, 6.45) is 0.580. The normalized spacial score (nSPS) is 11.8. The van der Waals surface area contributed by atoms with Crippen molar-refractivity contribution in [2.24, 2.45) is 0 Å². The van der Waals surface area contributed by atoms with Crippen molar-refractivity contribution < 1.29 is 19.1 Å². The van der Waals surface area contributed by atoms with E-state index in [1.54, 1.807) is 43.3 Å². The van der Waals surface area contributed by atoms with Gasteiger partial charge in [-0.3, -0.25) is 0 Å². The fourth-order valence-electron chi connectivity index (χ4n) is 3.06. The molecule has 2 aromatic rings. The van der Waals surface area contributed by atoms with Gasteiger partial charge in [0.1, 0.15) is 17.9 Å². The third-order valence-electron chi connectivity index (χ3n) is 4.87. The largest absolute Gasteiger partial charge is 0.495 e. The van der Waals surface area contributed by atoms with Crippen LogP contribution in [0.15, 0.2) is 42.5 Å². The van der Waals surface area contributed by atoms with Gasteiger partial charge in [-0.2, -0.15) is 10.5 Å². The molecule has 0 saturated heterocycles. The lowest BCUT2D eigenvalue weighted by Gasteiger charge is -2.19. The van der Waals surface area contributed by atoms with Crippen molar-refractivity contribution >= 4 is 23.5 Å². The highest BCUT2D eigenvalue weighted by Crippen LogP contribution is 2.23. The van der Waals surface area contributed by atoms with Gasteiger partial charge < -0.3 is 25.4 Å². The van der Waals surface area contributed by atoms with E-state index in [4.69, 9.17) is 20.0 Å². The quantitative estimate of drug-likeness (QED) is 0.488. The predicted molar refractivity (Wildman–Crippen MR) is 124 cm³/mol. The zero-order chi connectivity index (χ0) is 24.2.